The van der Waals surface area contributed by atoms with Crippen LogP contribution in [0, 0.1) is 5.92 Å². The number of hydrogen-bond acceptors (Lipinski definition) is 2. The minimum absolute atomic E-state index is 0.281. The van der Waals surface area contributed by atoms with E-state index in [1.165, 1.54) is 41.7 Å². The predicted molar refractivity (Wildman–Crippen MR) is 70.6 cm³/mol. The second kappa shape index (κ2) is 5.58. The van der Waals surface area contributed by atoms with Gasteiger partial charge in [-0.1, -0.05) is 13.0 Å². The lowest BCUT2D eigenvalue weighted by Crippen LogP contribution is -2.11. The molecule has 0 aromatic heterocycles. The standard InChI is InChI=1S/C14H18O2S/c1-10(14(15)16)9-17-13-7-6-11-4-2-3-5-12(11)8-13/h6-8,10H,2-5,9H2,1H3,(H,15,16). The Labute approximate surface area is 106 Å². The predicted octanol–water partition coefficient (Wildman–Crippen LogP) is 3.38. The molecule has 0 spiro atoms. The van der Waals surface area contributed by atoms with Crippen molar-refractivity contribution in [2.24, 2.45) is 5.92 Å². The molecule has 2 rings (SSSR count). The average molecular weight is 250 g/mol. The molecule has 0 saturated carbocycles. The first-order chi connectivity index (χ1) is 8.16. The first-order valence-electron chi connectivity index (χ1n) is 6.14. The Bertz CT molecular complexity index is 415. The number of thioether (sulfide) groups is 1. The summed E-state index contributed by atoms with van der Waals surface area (Å²) in [6, 6.07) is 6.58. The Morgan fingerprint density at radius 1 is 1.35 bits per heavy atom. The molecular formula is C14H18O2S. The van der Waals surface area contributed by atoms with Gasteiger partial charge >= 0.3 is 5.97 Å². The molecule has 0 amide bonds. The molecule has 0 radical (unpaired) electrons. The topological polar surface area (TPSA) is 37.3 Å². The van der Waals surface area contributed by atoms with Gasteiger partial charge in [-0.25, -0.2) is 0 Å². The number of aliphatic carboxylic acids is 1. The second-order valence-corrected chi connectivity index (χ2v) is 5.78. The van der Waals surface area contributed by atoms with Gasteiger partial charge in [-0.2, -0.15) is 0 Å². The van der Waals surface area contributed by atoms with E-state index in [1.54, 1.807) is 18.7 Å². The van der Waals surface area contributed by atoms with E-state index in [0.29, 0.717) is 5.75 Å². The van der Waals surface area contributed by atoms with E-state index >= 15 is 0 Å². The smallest absolute Gasteiger partial charge is 0.307 e. The molecule has 1 atom stereocenters. The van der Waals surface area contributed by atoms with Gasteiger partial charge in [0.1, 0.15) is 0 Å². The monoisotopic (exact) mass is 250 g/mol. The third-order valence-electron chi connectivity index (χ3n) is 3.24. The van der Waals surface area contributed by atoms with Gasteiger partial charge in [0.05, 0.1) is 5.92 Å². The molecular weight excluding hydrogens is 232 g/mol. The molecule has 0 saturated heterocycles. The van der Waals surface area contributed by atoms with Crippen LogP contribution in [-0.2, 0) is 17.6 Å². The van der Waals surface area contributed by atoms with Crippen molar-refractivity contribution in [2.45, 2.75) is 37.5 Å². The molecule has 92 valence electrons. The summed E-state index contributed by atoms with van der Waals surface area (Å²) in [5.41, 5.74) is 2.94. The summed E-state index contributed by atoms with van der Waals surface area (Å²) in [5, 5.41) is 8.84. The maximum atomic E-state index is 10.7. The van der Waals surface area contributed by atoms with E-state index in [2.05, 4.69) is 18.2 Å². The molecule has 0 aliphatic heterocycles. The number of hydrogen-bond donors (Lipinski definition) is 1. The number of carboxylic acids is 1. The molecule has 1 N–H and O–H groups in total. The summed E-state index contributed by atoms with van der Waals surface area (Å²) in [6.07, 6.45) is 4.96. The van der Waals surface area contributed by atoms with Gasteiger partial charge in [-0.05, 0) is 48.9 Å². The summed E-state index contributed by atoms with van der Waals surface area (Å²) in [7, 11) is 0. The van der Waals surface area contributed by atoms with Crippen LogP contribution in [0.5, 0.6) is 0 Å². The quantitative estimate of drug-likeness (QED) is 0.832. The number of fused-ring (bicyclic) bond motifs is 1. The zero-order valence-electron chi connectivity index (χ0n) is 10.1. The largest absolute Gasteiger partial charge is 0.481 e. The molecule has 1 aromatic rings. The van der Waals surface area contributed by atoms with Gasteiger partial charge in [-0.15, -0.1) is 11.8 Å². The molecule has 1 aliphatic rings. The van der Waals surface area contributed by atoms with Crippen molar-refractivity contribution < 1.29 is 9.90 Å². The van der Waals surface area contributed by atoms with E-state index < -0.39 is 5.97 Å². The third kappa shape index (κ3) is 3.25. The summed E-state index contributed by atoms with van der Waals surface area (Å²) >= 11 is 1.65. The van der Waals surface area contributed by atoms with Crippen LogP contribution < -0.4 is 0 Å². The molecule has 1 unspecified atom stereocenters. The Morgan fingerprint density at radius 2 is 2.06 bits per heavy atom. The maximum Gasteiger partial charge on any atom is 0.307 e. The fourth-order valence-corrected chi connectivity index (χ4v) is 3.07. The molecule has 1 aromatic carbocycles. The van der Waals surface area contributed by atoms with Gasteiger partial charge in [0, 0.05) is 10.6 Å². The lowest BCUT2D eigenvalue weighted by molar-refractivity contribution is -0.140. The van der Waals surface area contributed by atoms with Crippen molar-refractivity contribution in [3.8, 4) is 0 Å². The number of aryl methyl sites for hydroxylation is 2. The highest BCUT2D eigenvalue weighted by Gasteiger charge is 2.13. The van der Waals surface area contributed by atoms with Crippen LogP contribution in [0.2, 0.25) is 0 Å². The number of carbonyl (C=O) groups is 1. The lowest BCUT2D eigenvalue weighted by Gasteiger charge is -2.16. The van der Waals surface area contributed by atoms with Gasteiger partial charge < -0.3 is 5.11 Å². The van der Waals surface area contributed by atoms with E-state index in [4.69, 9.17) is 5.11 Å². The molecule has 3 heteroatoms. The van der Waals surface area contributed by atoms with E-state index in [-0.39, 0.29) is 5.92 Å². The fraction of sp³-hybridized carbons (Fsp3) is 0.500. The lowest BCUT2D eigenvalue weighted by atomic mass is 9.92. The second-order valence-electron chi connectivity index (χ2n) is 4.69. The minimum Gasteiger partial charge on any atom is -0.481 e. The van der Waals surface area contributed by atoms with Crippen molar-refractivity contribution in [2.75, 3.05) is 5.75 Å². The Morgan fingerprint density at radius 3 is 2.76 bits per heavy atom. The van der Waals surface area contributed by atoms with Crippen LogP contribution in [0.15, 0.2) is 23.1 Å². The van der Waals surface area contributed by atoms with Gasteiger partial charge in [0.15, 0.2) is 0 Å². The van der Waals surface area contributed by atoms with Gasteiger partial charge in [0.2, 0.25) is 0 Å². The van der Waals surface area contributed by atoms with Crippen molar-refractivity contribution in [1.29, 1.82) is 0 Å². The molecule has 1 aliphatic carbocycles. The zero-order chi connectivity index (χ0) is 12.3. The van der Waals surface area contributed by atoms with Gasteiger partial charge in [-0.3, -0.25) is 4.79 Å². The Kier molecular flexibility index (Phi) is 4.11. The summed E-state index contributed by atoms with van der Waals surface area (Å²) < 4.78 is 0. The van der Waals surface area contributed by atoms with Crippen LogP contribution in [0.4, 0.5) is 0 Å². The van der Waals surface area contributed by atoms with Crippen molar-refractivity contribution >= 4 is 17.7 Å². The van der Waals surface area contributed by atoms with Crippen LogP contribution in [0.1, 0.15) is 30.9 Å². The molecule has 0 heterocycles. The fourth-order valence-electron chi connectivity index (χ4n) is 2.09. The first-order valence-corrected chi connectivity index (χ1v) is 7.13. The normalized spacial score (nSPS) is 16.3. The van der Waals surface area contributed by atoms with Crippen LogP contribution >= 0.6 is 11.8 Å². The SMILES string of the molecule is CC(CSc1ccc2c(c1)CCCC2)C(=O)O. The average Bonchev–Trinajstić information content (AvgIpc) is 2.35. The molecule has 2 nitrogen and oxygen atoms in total. The van der Waals surface area contributed by atoms with Crippen LogP contribution in [-0.4, -0.2) is 16.8 Å². The van der Waals surface area contributed by atoms with Crippen LogP contribution in [0.3, 0.4) is 0 Å². The van der Waals surface area contributed by atoms with E-state index in [9.17, 15) is 4.79 Å². The van der Waals surface area contributed by atoms with Crippen molar-refractivity contribution in [3.05, 3.63) is 29.3 Å². The molecule has 17 heavy (non-hydrogen) atoms. The minimum atomic E-state index is -0.713. The third-order valence-corrected chi connectivity index (χ3v) is 4.50. The van der Waals surface area contributed by atoms with Crippen LogP contribution in [0.25, 0.3) is 0 Å². The van der Waals surface area contributed by atoms with E-state index in [0.717, 1.165) is 0 Å². The van der Waals surface area contributed by atoms with Crippen molar-refractivity contribution in [3.63, 3.8) is 0 Å². The first kappa shape index (κ1) is 12.5. The Hall–Kier alpha value is -0.960. The highest BCUT2D eigenvalue weighted by Crippen LogP contribution is 2.27. The highest BCUT2D eigenvalue weighted by molar-refractivity contribution is 7.99. The summed E-state index contributed by atoms with van der Waals surface area (Å²) in [4.78, 5) is 11.9. The number of benzene rings is 1. The maximum absolute atomic E-state index is 10.7. The zero-order valence-corrected chi connectivity index (χ0v) is 10.9. The summed E-state index contributed by atoms with van der Waals surface area (Å²) in [5.74, 6) is -0.347. The van der Waals surface area contributed by atoms with E-state index in [1.807, 2.05) is 0 Å². The molecule has 0 bridgehead atoms. The molecule has 0 fully saturated rings. The number of rotatable bonds is 4. The Balaban J connectivity index is 2.00. The highest BCUT2D eigenvalue weighted by atomic mass is 32.2. The van der Waals surface area contributed by atoms with Crippen molar-refractivity contribution in [1.82, 2.24) is 0 Å². The van der Waals surface area contributed by atoms with Gasteiger partial charge in [0.25, 0.3) is 0 Å². The number of carboxylic acid groups (broad SMARTS) is 1. The summed E-state index contributed by atoms with van der Waals surface area (Å²) in [6.45, 7) is 1.76.